The van der Waals surface area contributed by atoms with Crippen LogP contribution in [0.5, 0.6) is 0 Å². The highest BCUT2D eigenvalue weighted by Crippen LogP contribution is 2.08. The van der Waals surface area contributed by atoms with Gasteiger partial charge in [-0.25, -0.2) is 0 Å². The summed E-state index contributed by atoms with van der Waals surface area (Å²) < 4.78 is 0. The topological polar surface area (TPSA) is 45.1 Å². The van der Waals surface area contributed by atoms with E-state index >= 15 is 0 Å². The molecule has 0 aliphatic heterocycles. The summed E-state index contributed by atoms with van der Waals surface area (Å²) in [5, 5.41) is 12.2. The van der Waals surface area contributed by atoms with Crippen LogP contribution in [0.15, 0.2) is 11.7 Å². The zero-order chi connectivity index (χ0) is 10.2. The van der Waals surface area contributed by atoms with E-state index in [4.69, 9.17) is 5.11 Å². The van der Waals surface area contributed by atoms with Gasteiger partial charge in [-0.1, -0.05) is 13.3 Å². The van der Waals surface area contributed by atoms with E-state index in [0.29, 0.717) is 12.5 Å². The van der Waals surface area contributed by atoms with Crippen molar-refractivity contribution in [3.05, 3.63) is 16.6 Å². The first kappa shape index (κ1) is 11.6. The van der Waals surface area contributed by atoms with Crippen molar-refractivity contribution in [1.82, 2.24) is 10.3 Å². The molecule has 1 unspecified atom stereocenters. The summed E-state index contributed by atoms with van der Waals surface area (Å²) in [6.45, 7) is 4.33. The summed E-state index contributed by atoms with van der Waals surface area (Å²) in [5.41, 5.74) is 1.85. The normalized spacial score (nSPS) is 13.0. The second-order valence-electron chi connectivity index (χ2n) is 3.39. The monoisotopic (exact) mass is 214 g/mol. The Morgan fingerprint density at radius 1 is 1.64 bits per heavy atom. The van der Waals surface area contributed by atoms with Crippen LogP contribution in [0.4, 0.5) is 0 Å². The number of aromatic nitrogens is 1. The van der Waals surface area contributed by atoms with E-state index in [9.17, 15) is 0 Å². The molecule has 0 spiro atoms. The van der Waals surface area contributed by atoms with Crippen LogP contribution in [0.25, 0.3) is 0 Å². The first-order valence-corrected chi connectivity index (χ1v) is 5.93. The van der Waals surface area contributed by atoms with Gasteiger partial charge in [0.15, 0.2) is 0 Å². The molecule has 80 valence electrons. The maximum Gasteiger partial charge on any atom is 0.0794 e. The number of thiazole rings is 1. The Balaban J connectivity index is 2.13. The van der Waals surface area contributed by atoms with Crippen LogP contribution in [-0.4, -0.2) is 23.2 Å². The van der Waals surface area contributed by atoms with Gasteiger partial charge in [0, 0.05) is 24.2 Å². The number of nitrogens with one attached hydrogen (secondary N) is 1. The average molecular weight is 214 g/mol. The van der Waals surface area contributed by atoms with Gasteiger partial charge in [0.05, 0.1) is 5.51 Å². The predicted octanol–water partition coefficient (Wildman–Crippen LogP) is 1.64. The number of aliphatic hydroxyl groups is 1. The second-order valence-corrected chi connectivity index (χ2v) is 4.36. The Morgan fingerprint density at radius 3 is 3.07 bits per heavy atom. The van der Waals surface area contributed by atoms with Crippen molar-refractivity contribution < 1.29 is 5.11 Å². The Kier molecular flexibility index (Phi) is 5.75. The number of rotatable bonds is 7. The third-order valence-electron chi connectivity index (χ3n) is 2.33. The Hall–Kier alpha value is -0.450. The minimum atomic E-state index is 0.292. The fraction of sp³-hybridized carbons (Fsp3) is 0.700. The lowest BCUT2D eigenvalue weighted by Crippen LogP contribution is -2.22. The van der Waals surface area contributed by atoms with Gasteiger partial charge < -0.3 is 10.4 Å². The van der Waals surface area contributed by atoms with E-state index in [2.05, 4.69) is 17.2 Å². The molecule has 0 saturated heterocycles. The van der Waals surface area contributed by atoms with Crippen molar-refractivity contribution in [3.8, 4) is 0 Å². The SMILES string of the molecule is CCC(CCO)CNCc1cncs1. The Labute approximate surface area is 89.2 Å². The third-order valence-corrected chi connectivity index (χ3v) is 3.11. The molecule has 3 nitrogen and oxygen atoms in total. The quantitative estimate of drug-likeness (QED) is 0.725. The molecule has 1 aromatic heterocycles. The van der Waals surface area contributed by atoms with Gasteiger partial charge >= 0.3 is 0 Å². The van der Waals surface area contributed by atoms with E-state index in [0.717, 1.165) is 25.9 Å². The van der Waals surface area contributed by atoms with Crippen molar-refractivity contribution in [3.63, 3.8) is 0 Å². The third kappa shape index (κ3) is 4.17. The van der Waals surface area contributed by atoms with Crippen LogP contribution in [0.3, 0.4) is 0 Å². The molecule has 0 fully saturated rings. The molecule has 1 aromatic rings. The molecule has 2 N–H and O–H groups in total. The number of hydrogen-bond acceptors (Lipinski definition) is 4. The largest absolute Gasteiger partial charge is 0.396 e. The highest BCUT2D eigenvalue weighted by atomic mass is 32.1. The van der Waals surface area contributed by atoms with Crippen molar-refractivity contribution in [1.29, 1.82) is 0 Å². The van der Waals surface area contributed by atoms with Crippen LogP contribution < -0.4 is 5.32 Å². The predicted molar refractivity (Wildman–Crippen MR) is 59.3 cm³/mol. The van der Waals surface area contributed by atoms with Gasteiger partial charge in [0.1, 0.15) is 0 Å². The standard InChI is InChI=1S/C10H18N2OS/c1-2-9(3-4-13)5-11-6-10-7-12-8-14-10/h7-9,11,13H,2-6H2,1H3. The second kappa shape index (κ2) is 6.92. The maximum absolute atomic E-state index is 8.82. The van der Waals surface area contributed by atoms with Gasteiger partial charge in [-0.2, -0.15) is 0 Å². The molecule has 0 saturated carbocycles. The summed E-state index contributed by atoms with van der Waals surface area (Å²) in [5.74, 6) is 0.591. The van der Waals surface area contributed by atoms with Crippen LogP contribution in [0, 0.1) is 5.92 Å². The smallest absolute Gasteiger partial charge is 0.0794 e. The van der Waals surface area contributed by atoms with E-state index in [1.807, 2.05) is 11.7 Å². The first-order valence-electron chi connectivity index (χ1n) is 5.05. The Bertz CT molecular complexity index is 226. The molecule has 14 heavy (non-hydrogen) atoms. The van der Waals surface area contributed by atoms with E-state index < -0.39 is 0 Å². The summed E-state index contributed by atoms with van der Waals surface area (Å²) in [6.07, 6.45) is 3.91. The number of nitrogens with zero attached hydrogens (tertiary/aromatic N) is 1. The molecular formula is C10H18N2OS. The molecule has 1 heterocycles. The lowest BCUT2D eigenvalue weighted by Gasteiger charge is -2.13. The van der Waals surface area contributed by atoms with E-state index in [1.165, 1.54) is 4.88 Å². The lowest BCUT2D eigenvalue weighted by molar-refractivity contribution is 0.251. The van der Waals surface area contributed by atoms with Gasteiger partial charge in [-0.15, -0.1) is 11.3 Å². The molecule has 0 bridgehead atoms. The van der Waals surface area contributed by atoms with E-state index in [1.54, 1.807) is 11.3 Å². The molecule has 1 rings (SSSR count). The van der Waals surface area contributed by atoms with Crippen LogP contribution in [0.1, 0.15) is 24.6 Å². The van der Waals surface area contributed by atoms with Crippen LogP contribution >= 0.6 is 11.3 Å². The Morgan fingerprint density at radius 2 is 2.50 bits per heavy atom. The maximum atomic E-state index is 8.82. The zero-order valence-corrected chi connectivity index (χ0v) is 9.39. The zero-order valence-electron chi connectivity index (χ0n) is 8.57. The highest BCUT2D eigenvalue weighted by molar-refractivity contribution is 7.09. The van der Waals surface area contributed by atoms with E-state index in [-0.39, 0.29) is 0 Å². The van der Waals surface area contributed by atoms with Crippen molar-refractivity contribution in [2.45, 2.75) is 26.3 Å². The van der Waals surface area contributed by atoms with Crippen molar-refractivity contribution in [2.24, 2.45) is 5.92 Å². The molecule has 0 amide bonds. The molecule has 0 aromatic carbocycles. The van der Waals surface area contributed by atoms with Crippen molar-refractivity contribution in [2.75, 3.05) is 13.2 Å². The first-order chi connectivity index (χ1) is 6.86. The minimum absolute atomic E-state index is 0.292. The van der Waals surface area contributed by atoms with Gasteiger partial charge in [0.2, 0.25) is 0 Å². The van der Waals surface area contributed by atoms with Gasteiger partial charge in [-0.05, 0) is 18.9 Å². The summed E-state index contributed by atoms with van der Waals surface area (Å²) >= 11 is 1.67. The van der Waals surface area contributed by atoms with Crippen LogP contribution in [0.2, 0.25) is 0 Å². The minimum Gasteiger partial charge on any atom is -0.396 e. The molecule has 0 aliphatic carbocycles. The number of aliphatic hydroxyl groups excluding tert-OH is 1. The fourth-order valence-corrected chi connectivity index (χ4v) is 1.93. The average Bonchev–Trinajstić information content (AvgIpc) is 2.69. The summed E-state index contributed by atoms with van der Waals surface area (Å²) in [4.78, 5) is 5.28. The van der Waals surface area contributed by atoms with Gasteiger partial charge in [0.25, 0.3) is 0 Å². The lowest BCUT2D eigenvalue weighted by atomic mass is 10.0. The molecule has 0 aliphatic rings. The molecule has 4 heteroatoms. The number of hydrogen-bond donors (Lipinski definition) is 2. The fourth-order valence-electron chi connectivity index (χ4n) is 1.36. The molecule has 1 atom stereocenters. The highest BCUT2D eigenvalue weighted by Gasteiger charge is 2.04. The van der Waals surface area contributed by atoms with Crippen molar-refractivity contribution >= 4 is 11.3 Å². The summed E-state index contributed by atoms with van der Waals surface area (Å²) in [7, 11) is 0. The molecular weight excluding hydrogens is 196 g/mol. The molecule has 0 radical (unpaired) electrons. The summed E-state index contributed by atoms with van der Waals surface area (Å²) in [6, 6.07) is 0. The van der Waals surface area contributed by atoms with Crippen LogP contribution in [-0.2, 0) is 6.54 Å². The van der Waals surface area contributed by atoms with Gasteiger partial charge in [-0.3, -0.25) is 4.98 Å².